The number of benzene rings is 1. The molecule has 0 amide bonds. The first-order valence-electron chi connectivity index (χ1n) is 7.42. The molecule has 0 N–H and O–H groups in total. The Morgan fingerprint density at radius 1 is 1.05 bits per heavy atom. The van der Waals surface area contributed by atoms with Crippen LogP contribution in [0.25, 0.3) is 0 Å². The van der Waals surface area contributed by atoms with Gasteiger partial charge in [0.1, 0.15) is 0 Å². The molecule has 0 spiro atoms. The van der Waals surface area contributed by atoms with Crippen LogP contribution >= 0.6 is 0 Å². The van der Waals surface area contributed by atoms with Gasteiger partial charge in [-0.2, -0.15) is 0 Å². The van der Waals surface area contributed by atoms with Gasteiger partial charge in [0.25, 0.3) is 0 Å². The third kappa shape index (κ3) is 3.77. The Morgan fingerprint density at radius 2 is 1.64 bits per heavy atom. The molecule has 5 heteroatoms. The molecule has 118 valence electrons. The maximum absolute atomic E-state index is 2.59. The average molecular weight is 408 g/mol. The van der Waals surface area contributed by atoms with Gasteiger partial charge in [0.2, 0.25) is 0 Å². The monoisotopic (exact) mass is 406 g/mol. The topological polar surface area (TPSA) is 0 Å². The van der Waals surface area contributed by atoms with Gasteiger partial charge < -0.3 is 37.2 Å². The molecule has 3 rings (SSSR count). The summed E-state index contributed by atoms with van der Waals surface area (Å²) in [5.74, 6) is 0. The summed E-state index contributed by atoms with van der Waals surface area (Å²) in [4.78, 5) is 0. The molecule has 1 saturated heterocycles. The first-order chi connectivity index (χ1) is 9.20. The van der Waals surface area contributed by atoms with Crippen molar-refractivity contribution < 1.29 is 57.7 Å². The quantitative estimate of drug-likeness (QED) is 0.442. The Bertz CT molecular complexity index is 524. The van der Waals surface area contributed by atoms with Gasteiger partial charge >= 0.3 is 129 Å². The summed E-state index contributed by atoms with van der Waals surface area (Å²) in [6, 6.07) is 14.3. The van der Waals surface area contributed by atoms with E-state index in [0.717, 1.165) is 0 Å². The van der Waals surface area contributed by atoms with Crippen molar-refractivity contribution in [1.82, 2.24) is 0 Å². The van der Waals surface area contributed by atoms with Gasteiger partial charge in [-0.1, -0.05) is 0 Å². The maximum atomic E-state index is 2.59. The van der Waals surface area contributed by atoms with Gasteiger partial charge in [-0.25, -0.2) is 0 Å². The number of hydrogen-bond acceptors (Lipinski definition) is 0. The van der Waals surface area contributed by atoms with Crippen molar-refractivity contribution in [2.45, 2.75) is 41.6 Å². The molecule has 0 aromatic heterocycles. The zero-order valence-corrected chi connectivity index (χ0v) is 17.6. The van der Waals surface area contributed by atoms with Crippen LogP contribution < -0.4 is 42.4 Å². The molecule has 1 atom stereocenters. The Hall–Kier alpha value is 0.501. The van der Waals surface area contributed by atoms with Crippen molar-refractivity contribution in [3.63, 3.8) is 0 Å². The van der Waals surface area contributed by atoms with E-state index in [1.807, 2.05) is 0 Å². The van der Waals surface area contributed by atoms with E-state index in [1.165, 1.54) is 36.9 Å². The minimum Gasteiger partial charge on any atom is -1.00 e. The zero-order chi connectivity index (χ0) is 13.3. The van der Waals surface area contributed by atoms with E-state index in [2.05, 4.69) is 75.9 Å². The molecule has 22 heavy (non-hydrogen) atoms. The van der Waals surface area contributed by atoms with Gasteiger partial charge in [0, 0.05) is 0 Å². The molecule has 2 aliphatic rings. The SMILES string of the molecule is CCC1=C[C]([Ti+3])([Si]2(c3ccccc3)CCCC2)C=C1.[Cl-].[Cl-].[Cl-]. The molecule has 1 aliphatic carbocycles. The molecule has 0 bridgehead atoms. The fourth-order valence-corrected chi connectivity index (χ4v) is 11.6. The summed E-state index contributed by atoms with van der Waals surface area (Å²) < 4.78 is 0.343. The number of hydrogen-bond donors (Lipinski definition) is 0. The summed E-state index contributed by atoms with van der Waals surface area (Å²) >= 11 is 2.50. The van der Waals surface area contributed by atoms with E-state index in [9.17, 15) is 0 Å². The van der Waals surface area contributed by atoms with Crippen LogP contribution in [0.4, 0.5) is 0 Å². The molecular weight excluding hydrogens is 386 g/mol. The standard InChI is InChI=1S/C17H21Si.3ClH.Ti/c1-2-15-10-11-17(14-15)18(12-6-7-13-18)16-8-4-3-5-9-16;;;;/h3-5,8-11,14H,2,6-7,12-13H2,1H3;3*1H;/q;;;;+3/p-3. The molecule has 0 radical (unpaired) electrons. The minimum atomic E-state index is -1.42. The van der Waals surface area contributed by atoms with Crippen LogP contribution in [0.3, 0.4) is 0 Å². The predicted molar refractivity (Wildman–Crippen MR) is 80.9 cm³/mol. The summed E-state index contributed by atoms with van der Waals surface area (Å²) in [5.41, 5.74) is 1.54. The number of halogens is 3. The van der Waals surface area contributed by atoms with E-state index in [-0.39, 0.29) is 37.2 Å². The third-order valence-corrected chi connectivity index (χ3v) is 13.4. The van der Waals surface area contributed by atoms with Crippen molar-refractivity contribution in [2.75, 3.05) is 0 Å². The van der Waals surface area contributed by atoms with Crippen LogP contribution in [-0.4, -0.2) is 8.07 Å². The van der Waals surface area contributed by atoms with Crippen molar-refractivity contribution in [3.05, 3.63) is 54.1 Å². The molecule has 1 fully saturated rings. The van der Waals surface area contributed by atoms with Gasteiger partial charge in [-0.15, -0.1) is 0 Å². The Balaban J connectivity index is 0.00000147. The number of allylic oxidation sites excluding steroid dienone is 4. The van der Waals surface area contributed by atoms with Crippen molar-refractivity contribution in [1.29, 1.82) is 0 Å². The number of rotatable bonds is 3. The first kappa shape index (κ1) is 22.5. The van der Waals surface area contributed by atoms with Crippen molar-refractivity contribution in [2.24, 2.45) is 0 Å². The fraction of sp³-hybridized carbons (Fsp3) is 0.412. The smallest absolute Gasteiger partial charge is 1.00 e. The van der Waals surface area contributed by atoms with Gasteiger partial charge in [0.15, 0.2) is 0 Å². The molecule has 0 saturated carbocycles. The van der Waals surface area contributed by atoms with Crippen LogP contribution in [0.15, 0.2) is 54.1 Å². The summed E-state index contributed by atoms with van der Waals surface area (Å²) in [5, 5.41) is 1.67. The van der Waals surface area contributed by atoms with Crippen LogP contribution in [0, 0.1) is 0 Å². The van der Waals surface area contributed by atoms with Crippen LogP contribution in [-0.2, 0) is 20.4 Å². The summed E-state index contributed by atoms with van der Waals surface area (Å²) in [6.45, 7) is 2.27. The maximum Gasteiger partial charge on any atom is -1.00 e. The van der Waals surface area contributed by atoms with E-state index in [0.29, 0.717) is 3.34 Å². The normalized spacial score (nSPS) is 24.8. The van der Waals surface area contributed by atoms with Crippen molar-refractivity contribution >= 4 is 13.3 Å². The summed E-state index contributed by atoms with van der Waals surface area (Å²) in [6.07, 6.45) is 11.5. The fourth-order valence-electron chi connectivity index (χ4n) is 3.82. The molecule has 1 aromatic carbocycles. The van der Waals surface area contributed by atoms with Gasteiger partial charge in [-0.05, 0) is 0 Å². The van der Waals surface area contributed by atoms with Crippen molar-refractivity contribution in [3.8, 4) is 0 Å². The van der Waals surface area contributed by atoms with Crippen LogP contribution in [0.2, 0.25) is 15.4 Å². The zero-order valence-electron chi connectivity index (χ0n) is 12.8. The molecule has 1 aliphatic heterocycles. The molecule has 0 nitrogen and oxygen atoms in total. The first-order valence-corrected chi connectivity index (χ1v) is 10.6. The average Bonchev–Trinajstić information content (AvgIpc) is 3.08. The van der Waals surface area contributed by atoms with Gasteiger partial charge in [-0.3, -0.25) is 0 Å². The molecule has 1 aromatic rings. The second-order valence-corrected chi connectivity index (χ2v) is 12.6. The molecular formula is C17H21Cl3SiTi. The molecule has 1 heterocycles. The van der Waals surface area contributed by atoms with Gasteiger partial charge in [0.05, 0.1) is 0 Å². The van der Waals surface area contributed by atoms with E-state index in [4.69, 9.17) is 0 Å². The Kier molecular flexibility index (Phi) is 9.31. The Morgan fingerprint density at radius 3 is 2.14 bits per heavy atom. The van der Waals surface area contributed by atoms with Crippen LogP contribution in [0.1, 0.15) is 26.2 Å². The molecule has 1 unspecified atom stereocenters. The summed E-state index contributed by atoms with van der Waals surface area (Å²) in [7, 11) is -1.42. The minimum absolute atomic E-state index is 0. The van der Waals surface area contributed by atoms with E-state index >= 15 is 0 Å². The second-order valence-electron chi connectivity index (χ2n) is 5.93. The van der Waals surface area contributed by atoms with Crippen LogP contribution in [0.5, 0.6) is 0 Å². The largest absolute Gasteiger partial charge is 1.00 e. The Labute approximate surface area is 165 Å². The van der Waals surface area contributed by atoms with E-state index < -0.39 is 8.07 Å². The second kappa shape index (κ2) is 9.11. The third-order valence-electron chi connectivity index (χ3n) is 4.96. The van der Waals surface area contributed by atoms with E-state index in [1.54, 1.807) is 5.19 Å². The predicted octanol–water partition coefficient (Wildman–Crippen LogP) is -4.70.